The molecule has 0 fully saturated rings. The van der Waals surface area contributed by atoms with Crippen molar-refractivity contribution in [2.45, 2.75) is 19.3 Å². The molecule has 0 aliphatic rings. The van der Waals surface area contributed by atoms with Gasteiger partial charge in [-0.15, -0.1) is 5.10 Å². The number of hydrogen-bond donors (Lipinski definition) is 2. The Morgan fingerprint density at radius 1 is 1.03 bits per heavy atom. The summed E-state index contributed by atoms with van der Waals surface area (Å²) in [5.74, 6) is 2.30. The van der Waals surface area contributed by atoms with Gasteiger partial charge in [0.1, 0.15) is 17.4 Å². The van der Waals surface area contributed by atoms with E-state index >= 15 is 0 Å². The first kappa shape index (κ1) is 21.3. The minimum atomic E-state index is -0.327. The van der Waals surface area contributed by atoms with E-state index in [2.05, 4.69) is 35.9 Å². The zero-order valence-electron chi connectivity index (χ0n) is 17.5. The number of rotatable bonds is 10. The van der Waals surface area contributed by atoms with Crippen LogP contribution < -0.4 is 10.1 Å². The summed E-state index contributed by atoms with van der Waals surface area (Å²) in [6.45, 7) is 0.720. The SMILES string of the molecule is COCCCCc1cnc(Nc2ccc(-c3nnn[nH]3)cn2)c(Oc2ccc(F)cc2)c1. The average molecular weight is 435 g/mol. The number of nitrogens with one attached hydrogen (secondary N) is 2. The number of benzene rings is 1. The first-order valence-corrected chi connectivity index (χ1v) is 10.1. The Hall–Kier alpha value is -3.92. The fourth-order valence-electron chi connectivity index (χ4n) is 3.01. The predicted molar refractivity (Wildman–Crippen MR) is 116 cm³/mol. The van der Waals surface area contributed by atoms with Crippen molar-refractivity contribution in [2.75, 3.05) is 19.0 Å². The average Bonchev–Trinajstić information content (AvgIpc) is 3.35. The van der Waals surface area contributed by atoms with Crippen LogP contribution in [0.15, 0.2) is 54.9 Å². The Labute approximate surface area is 184 Å². The van der Waals surface area contributed by atoms with Gasteiger partial charge < -0.3 is 14.8 Å². The highest BCUT2D eigenvalue weighted by Gasteiger charge is 2.11. The van der Waals surface area contributed by atoms with Crippen LogP contribution >= 0.6 is 0 Å². The standard InChI is InChI=1S/C22H22FN7O2/c1-31-11-3-2-4-15-12-19(32-18-8-6-17(23)7-9-18)22(25-13-15)26-20-10-5-16(14-24-20)21-27-29-30-28-21/h5-10,12-14H,2-4,11H2,1H3,(H,24,25,26)(H,27,28,29,30). The molecule has 0 aliphatic heterocycles. The molecular formula is C22H22FN7O2. The highest BCUT2D eigenvalue weighted by molar-refractivity contribution is 5.63. The summed E-state index contributed by atoms with van der Waals surface area (Å²) in [5, 5.41) is 16.9. The highest BCUT2D eigenvalue weighted by Crippen LogP contribution is 2.31. The summed E-state index contributed by atoms with van der Waals surface area (Å²) in [7, 11) is 1.69. The maximum Gasteiger partial charge on any atom is 0.180 e. The molecule has 0 unspecified atom stereocenters. The Kier molecular flexibility index (Phi) is 6.93. The molecule has 0 aliphatic carbocycles. The normalized spacial score (nSPS) is 10.8. The van der Waals surface area contributed by atoms with Gasteiger partial charge in [0.05, 0.1) is 0 Å². The van der Waals surface area contributed by atoms with Crippen molar-refractivity contribution in [2.24, 2.45) is 0 Å². The van der Waals surface area contributed by atoms with Crippen LogP contribution in [-0.2, 0) is 11.2 Å². The molecule has 0 saturated carbocycles. The smallest absolute Gasteiger partial charge is 0.180 e. The maximum atomic E-state index is 13.3. The highest BCUT2D eigenvalue weighted by atomic mass is 19.1. The number of pyridine rings is 2. The van der Waals surface area contributed by atoms with E-state index in [0.29, 0.717) is 29.0 Å². The minimum Gasteiger partial charge on any atom is -0.453 e. The summed E-state index contributed by atoms with van der Waals surface area (Å²) >= 11 is 0. The molecule has 164 valence electrons. The van der Waals surface area contributed by atoms with E-state index in [0.717, 1.165) is 37.0 Å². The third-order valence-corrected chi connectivity index (χ3v) is 4.64. The van der Waals surface area contributed by atoms with Gasteiger partial charge in [0.25, 0.3) is 0 Å². The van der Waals surface area contributed by atoms with Gasteiger partial charge in [0, 0.05) is 31.7 Å². The summed E-state index contributed by atoms with van der Waals surface area (Å²) in [4.78, 5) is 8.94. The molecule has 0 bridgehead atoms. The summed E-state index contributed by atoms with van der Waals surface area (Å²) in [5.41, 5.74) is 1.78. The van der Waals surface area contributed by atoms with Gasteiger partial charge in [-0.2, -0.15) is 0 Å². The Balaban J connectivity index is 1.54. The number of aryl methyl sites for hydroxylation is 1. The summed E-state index contributed by atoms with van der Waals surface area (Å²) in [6.07, 6.45) is 6.23. The van der Waals surface area contributed by atoms with Gasteiger partial charge in [0.2, 0.25) is 0 Å². The predicted octanol–water partition coefficient (Wildman–Crippen LogP) is 4.30. The van der Waals surface area contributed by atoms with Crippen molar-refractivity contribution in [3.63, 3.8) is 0 Å². The van der Waals surface area contributed by atoms with E-state index in [-0.39, 0.29) is 5.82 Å². The van der Waals surface area contributed by atoms with Crippen LogP contribution in [0.2, 0.25) is 0 Å². The largest absolute Gasteiger partial charge is 0.453 e. The first-order chi connectivity index (χ1) is 15.7. The monoisotopic (exact) mass is 435 g/mol. The second kappa shape index (κ2) is 10.4. The number of methoxy groups -OCH3 is 1. The number of unbranched alkanes of at least 4 members (excludes halogenated alkanes) is 1. The molecule has 0 radical (unpaired) electrons. The molecule has 0 spiro atoms. The molecule has 10 heteroatoms. The Morgan fingerprint density at radius 3 is 2.62 bits per heavy atom. The quantitative estimate of drug-likeness (QED) is 0.355. The molecule has 4 rings (SSSR count). The summed E-state index contributed by atoms with van der Waals surface area (Å²) in [6, 6.07) is 11.4. The molecule has 0 amide bonds. The molecule has 0 saturated heterocycles. The van der Waals surface area contributed by atoms with Gasteiger partial charge >= 0.3 is 0 Å². The molecule has 32 heavy (non-hydrogen) atoms. The van der Waals surface area contributed by atoms with Gasteiger partial charge in [-0.05, 0) is 77.7 Å². The van der Waals surface area contributed by atoms with Crippen LogP contribution in [0.3, 0.4) is 0 Å². The number of anilines is 2. The molecule has 1 aromatic carbocycles. The van der Waals surface area contributed by atoms with Gasteiger partial charge in [-0.1, -0.05) is 0 Å². The molecule has 2 N–H and O–H groups in total. The van der Waals surface area contributed by atoms with Crippen molar-refractivity contribution in [3.05, 3.63) is 66.2 Å². The first-order valence-electron chi connectivity index (χ1n) is 10.1. The third kappa shape index (κ3) is 5.61. The number of hydrogen-bond acceptors (Lipinski definition) is 8. The number of aromatic nitrogens is 6. The van der Waals surface area contributed by atoms with E-state index in [1.54, 1.807) is 37.7 Å². The zero-order valence-corrected chi connectivity index (χ0v) is 17.5. The van der Waals surface area contributed by atoms with Crippen LogP contribution in [0.25, 0.3) is 11.4 Å². The Morgan fingerprint density at radius 2 is 1.91 bits per heavy atom. The molecule has 9 nitrogen and oxygen atoms in total. The van der Waals surface area contributed by atoms with Crippen LogP contribution in [0.4, 0.5) is 16.0 Å². The van der Waals surface area contributed by atoms with E-state index in [1.807, 2.05) is 12.1 Å². The fourth-order valence-corrected chi connectivity index (χ4v) is 3.01. The van der Waals surface area contributed by atoms with Crippen molar-refractivity contribution < 1.29 is 13.9 Å². The lowest BCUT2D eigenvalue weighted by molar-refractivity contribution is 0.193. The maximum absolute atomic E-state index is 13.3. The van der Waals surface area contributed by atoms with Crippen LogP contribution in [0, 0.1) is 5.82 Å². The topological polar surface area (TPSA) is 111 Å². The van der Waals surface area contributed by atoms with Crippen LogP contribution in [-0.4, -0.2) is 44.3 Å². The number of aromatic amines is 1. The van der Waals surface area contributed by atoms with Gasteiger partial charge in [-0.25, -0.2) is 19.5 Å². The third-order valence-electron chi connectivity index (χ3n) is 4.64. The van der Waals surface area contributed by atoms with E-state index in [1.165, 1.54) is 12.1 Å². The van der Waals surface area contributed by atoms with E-state index in [9.17, 15) is 4.39 Å². The Bertz CT molecular complexity index is 1120. The summed E-state index contributed by atoms with van der Waals surface area (Å²) < 4.78 is 24.4. The lowest BCUT2D eigenvalue weighted by atomic mass is 10.1. The van der Waals surface area contributed by atoms with Crippen molar-refractivity contribution in [1.82, 2.24) is 30.6 Å². The second-order valence-electron chi connectivity index (χ2n) is 7.00. The van der Waals surface area contributed by atoms with Crippen molar-refractivity contribution in [3.8, 4) is 22.9 Å². The van der Waals surface area contributed by atoms with E-state index < -0.39 is 0 Å². The number of ether oxygens (including phenoxy) is 2. The molecular weight excluding hydrogens is 413 g/mol. The lowest BCUT2D eigenvalue weighted by Gasteiger charge is -2.13. The lowest BCUT2D eigenvalue weighted by Crippen LogP contribution is -2.01. The molecule has 3 aromatic heterocycles. The van der Waals surface area contributed by atoms with Crippen LogP contribution in [0.1, 0.15) is 18.4 Å². The number of tetrazole rings is 1. The number of halogens is 1. The second-order valence-corrected chi connectivity index (χ2v) is 7.00. The van der Waals surface area contributed by atoms with Gasteiger partial charge in [0.15, 0.2) is 17.4 Å². The molecule has 3 heterocycles. The fraction of sp³-hybridized carbons (Fsp3) is 0.227. The van der Waals surface area contributed by atoms with E-state index in [4.69, 9.17) is 9.47 Å². The zero-order chi connectivity index (χ0) is 22.2. The molecule has 0 atom stereocenters. The van der Waals surface area contributed by atoms with Crippen LogP contribution in [0.5, 0.6) is 11.5 Å². The van der Waals surface area contributed by atoms with Crippen molar-refractivity contribution >= 4 is 11.6 Å². The van der Waals surface area contributed by atoms with Crippen molar-refractivity contribution in [1.29, 1.82) is 0 Å². The number of nitrogens with zero attached hydrogens (tertiary/aromatic N) is 5. The number of H-pyrrole nitrogens is 1. The minimum absolute atomic E-state index is 0.327. The van der Waals surface area contributed by atoms with Gasteiger partial charge in [-0.3, -0.25) is 0 Å². The molecule has 4 aromatic rings.